The number of hydrogen-bond acceptors (Lipinski definition) is 4. The molecule has 76 valence electrons. The lowest BCUT2D eigenvalue weighted by molar-refractivity contribution is -0.123. The second kappa shape index (κ2) is 3.45. The third-order valence-corrected chi connectivity index (χ3v) is 5.30. The summed E-state index contributed by atoms with van der Waals surface area (Å²) in [5.41, 5.74) is 0.855. The zero-order valence-electron chi connectivity index (χ0n) is 7.81. The summed E-state index contributed by atoms with van der Waals surface area (Å²) in [4.78, 5) is 18.4. The SMILES string of the molecule is O=C1C2=NCCSC2C2CSCCN12. The summed E-state index contributed by atoms with van der Waals surface area (Å²) in [6, 6.07) is 0.435. The number of carbonyl (C=O) groups excluding carboxylic acids is 1. The lowest BCUT2D eigenvalue weighted by Crippen LogP contribution is -2.42. The first-order chi connectivity index (χ1) is 6.88. The van der Waals surface area contributed by atoms with Gasteiger partial charge in [-0.1, -0.05) is 0 Å². The fraction of sp³-hybridized carbons (Fsp3) is 0.778. The first-order valence-electron chi connectivity index (χ1n) is 4.92. The van der Waals surface area contributed by atoms with E-state index in [0.29, 0.717) is 11.3 Å². The van der Waals surface area contributed by atoms with Crippen LogP contribution in [0.4, 0.5) is 0 Å². The quantitative estimate of drug-likeness (QED) is 0.605. The van der Waals surface area contributed by atoms with Crippen LogP contribution in [-0.4, -0.2) is 58.2 Å². The van der Waals surface area contributed by atoms with Crippen LogP contribution in [0.25, 0.3) is 0 Å². The molecule has 2 unspecified atom stereocenters. The first-order valence-corrected chi connectivity index (χ1v) is 7.13. The average Bonchev–Trinajstić information content (AvgIpc) is 2.55. The molecule has 0 aromatic carbocycles. The average molecular weight is 228 g/mol. The molecular weight excluding hydrogens is 216 g/mol. The van der Waals surface area contributed by atoms with Crippen LogP contribution >= 0.6 is 23.5 Å². The van der Waals surface area contributed by atoms with Gasteiger partial charge >= 0.3 is 0 Å². The van der Waals surface area contributed by atoms with Crippen LogP contribution in [0.3, 0.4) is 0 Å². The van der Waals surface area contributed by atoms with E-state index in [0.717, 1.165) is 36.1 Å². The van der Waals surface area contributed by atoms with Crippen LogP contribution < -0.4 is 0 Å². The van der Waals surface area contributed by atoms with Gasteiger partial charge in [0.05, 0.1) is 11.3 Å². The molecule has 2 fully saturated rings. The topological polar surface area (TPSA) is 32.7 Å². The molecule has 0 spiro atoms. The Kier molecular flexibility index (Phi) is 2.24. The standard InChI is InChI=1S/C9H12N2OS2/c12-9-7-8(14-3-1-10-7)6-5-13-4-2-11(6)9/h6,8H,1-5H2. The molecule has 0 aliphatic carbocycles. The predicted octanol–water partition coefficient (Wildman–Crippen LogP) is 0.500. The summed E-state index contributed by atoms with van der Waals surface area (Å²) >= 11 is 3.88. The Morgan fingerprint density at radius 1 is 1.43 bits per heavy atom. The molecule has 0 aromatic heterocycles. The van der Waals surface area contributed by atoms with Gasteiger partial charge in [-0.05, 0) is 0 Å². The molecular formula is C9H12N2OS2. The summed E-state index contributed by atoms with van der Waals surface area (Å²) in [7, 11) is 0. The highest BCUT2D eigenvalue weighted by molar-refractivity contribution is 8.01. The van der Waals surface area contributed by atoms with Crippen LogP contribution in [0.1, 0.15) is 0 Å². The minimum Gasteiger partial charge on any atom is -0.331 e. The van der Waals surface area contributed by atoms with Crippen molar-refractivity contribution < 1.29 is 4.79 Å². The Bertz CT molecular complexity index is 305. The van der Waals surface area contributed by atoms with E-state index in [4.69, 9.17) is 0 Å². The highest BCUT2D eigenvalue weighted by atomic mass is 32.2. The van der Waals surface area contributed by atoms with Gasteiger partial charge in [0.25, 0.3) is 5.91 Å². The van der Waals surface area contributed by atoms with Crippen LogP contribution in [-0.2, 0) is 4.79 Å². The number of nitrogens with zero attached hydrogens (tertiary/aromatic N) is 2. The zero-order chi connectivity index (χ0) is 9.54. The maximum absolute atomic E-state index is 11.9. The number of thioether (sulfide) groups is 2. The molecule has 0 radical (unpaired) electrons. The van der Waals surface area contributed by atoms with E-state index >= 15 is 0 Å². The van der Waals surface area contributed by atoms with Crippen LogP contribution in [0, 0.1) is 0 Å². The molecule has 0 aromatic rings. The lowest BCUT2D eigenvalue weighted by Gasteiger charge is -2.31. The number of fused-ring (bicyclic) bond motifs is 3. The minimum atomic E-state index is 0.215. The van der Waals surface area contributed by atoms with Crippen molar-refractivity contribution in [2.24, 2.45) is 4.99 Å². The maximum Gasteiger partial charge on any atom is 0.269 e. The maximum atomic E-state index is 11.9. The molecule has 5 heteroatoms. The molecule has 14 heavy (non-hydrogen) atoms. The van der Waals surface area contributed by atoms with E-state index in [1.807, 2.05) is 28.4 Å². The van der Waals surface area contributed by atoms with Crippen molar-refractivity contribution in [1.82, 2.24) is 4.90 Å². The van der Waals surface area contributed by atoms with Crippen molar-refractivity contribution in [3.05, 3.63) is 0 Å². The van der Waals surface area contributed by atoms with Crippen molar-refractivity contribution in [3.8, 4) is 0 Å². The second-order valence-corrected chi connectivity index (χ2v) is 6.10. The molecule has 3 nitrogen and oxygen atoms in total. The number of aliphatic imine (C=N–C) groups is 1. The molecule has 0 saturated carbocycles. The molecule has 3 aliphatic rings. The highest BCUT2D eigenvalue weighted by Gasteiger charge is 2.47. The summed E-state index contributed by atoms with van der Waals surface area (Å²) in [6.07, 6.45) is 0. The van der Waals surface area contributed by atoms with Gasteiger partial charge in [0, 0.05) is 30.3 Å². The predicted molar refractivity (Wildman–Crippen MR) is 61.4 cm³/mol. The molecule has 0 N–H and O–H groups in total. The lowest BCUT2D eigenvalue weighted by atomic mass is 10.2. The third kappa shape index (κ3) is 1.21. The Balaban J connectivity index is 1.95. The summed E-state index contributed by atoms with van der Waals surface area (Å²) in [5.74, 6) is 3.48. The van der Waals surface area contributed by atoms with Gasteiger partial charge in [-0.15, -0.1) is 11.8 Å². The van der Waals surface area contributed by atoms with Gasteiger partial charge in [-0.2, -0.15) is 11.8 Å². The molecule has 3 rings (SSSR count). The fourth-order valence-corrected chi connectivity index (χ4v) is 4.75. The number of rotatable bonds is 0. The molecule has 3 heterocycles. The first kappa shape index (κ1) is 9.09. The smallest absolute Gasteiger partial charge is 0.269 e. The van der Waals surface area contributed by atoms with Crippen LogP contribution in [0.2, 0.25) is 0 Å². The summed E-state index contributed by atoms with van der Waals surface area (Å²) in [6.45, 7) is 1.75. The summed E-state index contributed by atoms with van der Waals surface area (Å²) in [5, 5.41) is 0.379. The van der Waals surface area contributed by atoms with E-state index in [1.54, 1.807) is 0 Å². The summed E-state index contributed by atoms with van der Waals surface area (Å²) < 4.78 is 0. The normalized spacial score (nSPS) is 36.4. The van der Waals surface area contributed by atoms with Crippen molar-refractivity contribution >= 4 is 35.1 Å². The minimum absolute atomic E-state index is 0.215. The van der Waals surface area contributed by atoms with E-state index in [9.17, 15) is 4.79 Å². The van der Waals surface area contributed by atoms with Gasteiger partial charge < -0.3 is 4.90 Å². The van der Waals surface area contributed by atoms with Gasteiger partial charge in [-0.3, -0.25) is 9.79 Å². The molecule has 3 aliphatic heterocycles. The van der Waals surface area contributed by atoms with Gasteiger partial charge in [0.1, 0.15) is 5.71 Å². The monoisotopic (exact) mass is 228 g/mol. The Morgan fingerprint density at radius 3 is 3.29 bits per heavy atom. The Labute approximate surface area is 91.7 Å². The van der Waals surface area contributed by atoms with E-state index in [2.05, 4.69) is 4.99 Å². The van der Waals surface area contributed by atoms with Gasteiger partial charge in [-0.25, -0.2) is 0 Å². The van der Waals surface area contributed by atoms with Crippen LogP contribution in [0.15, 0.2) is 4.99 Å². The second-order valence-electron chi connectivity index (χ2n) is 3.70. The molecule has 1 amide bonds. The fourth-order valence-electron chi connectivity index (χ4n) is 2.27. The zero-order valence-corrected chi connectivity index (χ0v) is 9.44. The third-order valence-electron chi connectivity index (χ3n) is 2.94. The molecule has 0 bridgehead atoms. The Morgan fingerprint density at radius 2 is 2.36 bits per heavy atom. The largest absolute Gasteiger partial charge is 0.331 e. The van der Waals surface area contributed by atoms with Crippen molar-refractivity contribution in [2.75, 3.05) is 30.3 Å². The number of amides is 1. The number of carbonyl (C=O) groups is 1. The van der Waals surface area contributed by atoms with Gasteiger partial charge in [0.15, 0.2) is 0 Å². The number of hydrogen-bond donors (Lipinski definition) is 0. The van der Waals surface area contributed by atoms with Crippen molar-refractivity contribution in [2.45, 2.75) is 11.3 Å². The molecule has 2 atom stereocenters. The van der Waals surface area contributed by atoms with Gasteiger partial charge in [0.2, 0.25) is 0 Å². The van der Waals surface area contributed by atoms with Crippen molar-refractivity contribution in [1.29, 1.82) is 0 Å². The van der Waals surface area contributed by atoms with Crippen molar-refractivity contribution in [3.63, 3.8) is 0 Å². The van der Waals surface area contributed by atoms with E-state index < -0.39 is 0 Å². The molecule has 2 saturated heterocycles. The van der Waals surface area contributed by atoms with E-state index in [1.165, 1.54) is 0 Å². The highest BCUT2D eigenvalue weighted by Crippen LogP contribution is 2.34. The van der Waals surface area contributed by atoms with Crippen LogP contribution in [0.5, 0.6) is 0 Å². The van der Waals surface area contributed by atoms with E-state index in [-0.39, 0.29) is 5.91 Å². The Hall–Kier alpha value is -0.160.